The largest absolute Gasteiger partial charge is 0.356 e. The zero-order valence-corrected chi connectivity index (χ0v) is 8.91. The summed E-state index contributed by atoms with van der Waals surface area (Å²) < 4.78 is 0. The van der Waals surface area contributed by atoms with Gasteiger partial charge in [0.05, 0.1) is 6.20 Å². The third-order valence-electron chi connectivity index (χ3n) is 1.92. The molecule has 1 aromatic heterocycles. The second kappa shape index (κ2) is 4.77. The highest BCUT2D eigenvalue weighted by atomic mass is 35.5. The predicted molar refractivity (Wildman–Crippen MR) is 55.3 cm³/mol. The molecular formula is C9H11ClN4. The molecule has 74 valence electrons. The maximum absolute atomic E-state index is 8.85. The molecule has 5 heteroatoms. The molecule has 1 heterocycles. The van der Waals surface area contributed by atoms with E-state index in [0.29, 0.717) is 11.4 Å². The Morgan fingerprint density at radius 3 is 2.64 bits per heavy atom. The van der Waals surface area contributed by atoms with Crippen LogP contribution in [0.1, 0.15) is 19.4 Å². The smallest absolute Gasteiger partial charge is 0.224 e. The summed E-state index contributed by atoms with van der Waals surface area (Å²) in [4.78, 5) is 9.77. The topological polar surface area (TPSA) is 52.8 Å². The molecule has 0 aromatic carbocycles. The second-order valence-electron chi connectivity index (χ2n) is 2.66. The van der Waals surface area contributed by atoms with Gasteiger partial charge in [0.2, 0.25) is 5.28 Å². The summed E-state index contributed by atoms with van der Waals surface area (Å²) in [5.74, 6) is 0.609. The number of hydrogen-bond acceptors (Lipinski definition) is 4. The van der Waals surface area contributed by atoms with Gasteiger partial charge in [-0.25, -0.2) is 4.98 Å². The van der Waals surface area contributed by atoms with Crippen LogP contribution >= 0.6 is 11.6 Å². The molecule has 0 atom stereocenters. The molecule has 0 spiro atoms. The van der Waals surface area contributed by atoms with Crippen molar-refractivity contribution in [3.05, 3.63) is 17.0 Å². The number of hydrogen-bond donors (Lipinski definition) is 0. The molecule has 0 aliphatic carbocycles. The average Bonchev–Trinajstić information content (AvgIpc) is 2.20. The molecule has 0 aliphatic heterocycles. The van der Waals surface area contributed by atoms with E-state index in [4.69, 9.17) is 16.9 Å². The summed E-state index contributed by atoms with van der Waals surface area (Å²) in [6.07, 6.45) is 1.45. The Hall–Kier alpha value is -1.34. The molecule has 0 N–H and O–H groups in total. The van der Waals surface area contributed by atoms with E-state index >= 15 is 0 Å². The van der Waals surface area contributed by atoms with Gasteiger partial charge in [0.25, 0.3) is 0 Å². The third kappa shape index (κ3) is 2.12. The summed E-state index contributed by atoms with van der Waals surface area (Å²) in [7, 11) is 0. The highest BCUT2D eigenvalue weighted by Crippen LogP contribution is 2.17. The first-order valence-electron chi connectivity index (χ1n) is 4.40. The monoisotopic (exact) mass is 210 g/mol. The van der Waals surface area contributed by atoms with Crippen LogP contribution in [0.5, 0.6) is 0 Å². The van der Waals surface area contributed by atoms with Gasteiger partial charge in [-0.2, -0.15) is 10.2 Å². The van der Waals surface area contributed by atoms with Crippen LogP contribution in [0.3, 0.4) is 0 Å². The molecule has 0 saturated heterocycles. The molecule has 0 amide bonds. The minimum Gasteiger partial charge on any atom is -0.356 e. The van der Waals surface area contributed by atoms with E-state index in [1.165, 1.54) is 6.20 Å². The molecule has 0 unspecified atom stereocenters. The Balaban J connectivity index is 3.16. The van der Waals surface area contributed by atoms with E-state index in [-0.39, 0.29) is 5.28 Å². The number of anilines is 1. The predicted octanol–water partition coefficient (Wildman–Crippen LogP) is 1.85. The SMILES string of the molecule is CCN(CC)c1nc(Cl)ncc1C#N. The fourth-order valence-electron chi connectivity index (χ4n) is 1.20. The Morgan fingerprint density at radius 2 is 2.14 bits per heavy atom. The van der Waals surface area contributed by atoms with Crippen LogP contribution < -0.4 is 4.90 Å². The molecule has 0 bridgehead atoms. The first kappa shape index (κ1) is 10.7. The number of rotatable bonds is 3. The van der Waals surface area contributed by atoms with Gasteiger partial charge < -0.3 is 4.90 Å². The summed E-state index contributed by atoms with van der Waals surface area (Å²) >= 11 is 5.67. The lowest BCUT2D eigenvalue weighted by Crippen LogP contribution is -2.24. The van der Waals surface area contributed by atoms with Crippen molar-refractivity contribution in [2.24, 2.45) is 0 Å². The van der Waals surface area contributed by atoms with Gasteiger partial charge in [0, 0.05) is 13.1 Å². The zero-order valence-electron chi connectivity index (χ0n) is 8.16. The fourth-order valence-corrected chi connectivity index (χ4v) is 1.32. The van der Waals surface area contributed by atoms with E-state index in [9.17, 15) is 0 Å². The summed E-state index contributed by atoms with van der Waals surface area (Å²) in [6, 6.07) is 2.05. The molecule has 14 heavy (non-hydrogen) atoms. The number of aromatic nitrogens is 2. The van der Waals surface area contributed by atoms with E-state index < -0.39 is 0 Å². The lowest BCUT2D eigenvalue weighted by Gasteiger charge is -2.20. The lowest BCUT2D eigenvalue weighted by atomic mass is 10.3. The van der Waals surface area contributed by atoms with Gasteiger partial charge >= 0.3 is 0 Å². The van der Waals surface area contributed by atoms with Crippen molar-refractivity contribution >= 4 is 17.4 Å². The Kier molecular flexibility index (Phi) is 3.66. The molecular weight excluding hydrogens is 200 g/mol. The van der Waals surface area contributed by atoms with E-state index in [1.807, 2.05) is 24.8 Å². The van der Waals surface area contributed by atoms with Crippen LogP contribution in [0, 0.1) is 11.3 Å². The molecule has 1 aromatic rings. The molecule has 4 nitrogen and oxygen atoms in total. The minimum atomic E-state index is 0.172. The number of halogens is 1. The van der Waals surface area contributed by atoms with E-state index in [0.717, 1.165) is 13.1 Å². The van der Waals surface area contributed by atoms with Crippen molar-refractivity contribution < 1.29 is 0 Å². The van der Waals surface area contributed by atoms with Crippen molar-refractivity contribution in [1.82, 2.24) is 9.97 Å². The minimum absolute atomic E-state index is 0.172. The second-order valence-corrected chi connectivity index (χ2v) is 3.00. The standard InChI is InChI=1S/C9H11ClN4/c1-3-14(4-2)8-7(5-11)6-12-9(10)13-8/h6H,3-4H2,1-2H3. The maximum atomic E-state index is 8.85. The Bertz CT molecular complexity index is 354. The maximum Gasteiger partial charge on any atom is 0.224 e. The number of nitrogens with zero attached hydrogens (tertiary/aromatic N) is 4. The Labute approximate surface area is 88.2 Å². The molecule has 0 saturated carbocycles. The lowest BCUT2D eigenvalue weighted by molar-refractivity contribution is 0.839. The summed E-state index contributed by atoms with van der Waals surface area (Å²) in [6.45, 7) is 5.58. The van der Waals surface area contributed by atoms with Crippen LogP contribution in [-0.4, -0.2) is 23.1 Å². The van der Waals surface area contributed by atoms with Crippen LogP contribution in [0.4, 0.5) is 5.82 Å². The fraction of sp³-hybridized carbons (Fsp3) is 0.444. The van der Waals surface area contributed by atoms with Crippen molar-refractivity contribution in [1.29, 1.82) is 5.26 Å². The molecule has 0 fully saturated rings. The normalized spacial score (nSPS) is 9.57. The van der Waals surface area contributed by atoms with Crippen LogP contribution in [-0.2, 0) is 0 Å². The first-order chi connectivity index (χ1) is 6.72. The quantitative estimate of drug-likeness (QED) is 0.715. The molecule has 1 rings (SSSR count). The van der Waals surface area contributed by atoms with Crippen LogP contribution in [0.15, 0.2) is 6.20 Å². The Morgan fingerprint density at radius 1 is 1.50 bits per heavy atom. The van der Waals surface area contributed by atoms with Gasteiger partial charge in [0.15, 0.2) is 5.82 Å². The highest BCUT2D eigenvalue weighted by molar-refractivity contribution is 6.28. The molecule has 0 aliphatic rings. The van der Waals surface area contributed by atoms with Crippen LogP contribution in [0.25, 0.3) is 0 Å². The van der Waals surface area contributed by atoms with Gasteiger partial charge in [-0.3, -0.25) is 0 Å². The zero-order chi connectivity index (χ0) is 10.6. The highest BCUT2D eigenvalue weighted by Gasteiger charge is 2.10. The van der Waals surface area contributed by atoms with Gasteiger partial charge in [-0.1, -0.05) is 0 Å². The van der Waals surface area contributed by atoms with E-state index in [2.05, 4.69) is 9.97 Å². The van der Waals surface area contributed by atoms with Crippen molar-refractivity contribution in [2.75, 3.05) is 18.0 Å². The summed E-state index contributed by atoms with van der Waals surface area (Å²) in [5.41, 5.74) is 0.457. The average molecular weight is 211 g/mol. The molecule has 0 radical (unpaired) electrons. The van der Waals surface area contributed by atoms with E-state index in [1.54, 1.807) is 0 Å². The van der Waals surface area contributed by atoms with Gasteiger partial charge in [0.1, 0.15) is 11.6 Å². The summed E-state index contributed by atoms with van der Waals surface area (Å²) in [5, 5.41) is 9.02. The first-order valence-corrected chi connectivity index (χ1v) is 4.78. The third-order valence-corrected chi connectivity index (χ3v) is 2.10. The van der Waals surface area contributed by atoms with Crippen molar-refractivity contribution in [2.45, 2.75) is 13.8 Å². The van der Waals surface area contributed by atoms with Gasteiger partial charge in [-0.15, -0.1) is 0 Å². The van der Waals surface area contributed by atoms with Crippen LogP contribution in [0.2, 0.25) is 5.28 Å². The van der Waals surface area contributed by atoms with Gasteiger partial charge in [-0.05, 0) is 25.4 Å². The van der Waals surface area contributed by atoms with Crippen molar-refractivity contribution in [3.63, 3.8) is 0 Å². The van der Waals surface area contributed by atoms with Crippen molar-refractivity contribution in [3.8, 4) is 6.07 Å². The number of nitriles is 1.